The zero-order chi connectivity index (χ0) is 31.6. The smallest absolute Gasteiger partial charge is 0.399 e. The molecule has 0 bridgehead atoms. The van der Waals surface area contributed by atoms with Gasteiger partial charge in [0.05, 0.1) is 23.5 Å². The SMILES string of the molecule is [2H]c1c([2H])c([2H])c([Si](c2ccccc2)(c2ccccc2)c2c([2H])c([2H])c([2H])c(B3OC(C)(C)C(C)(C)O3)c2[2H])c([2H])c1[2H]. The highest BCUT2D eigenvalue weighted by Gasteiger charge is 2.52. The largest absolute Gasteiger partial charge is 0.494 e. The summed E-state index contributed by atoms with van der Waals surface area (Å²) in [6.07, 6.45) is 0. The fourth-order valence-electron chi connectivity index (χ4n) is 4.31. The first-order valence-electron chi connectivity index (χ1n) is 15.7. The van der Waals surface area contributed by atoms with Gasteiger partial charge in [-0.05, 0) is 53.9 Å². The van der Waals surface area contributed by atoms with Crippen LogP contribution in [-0.4, -0.2) is 26.4 Å². The van der Waals surface area contributed by atoms with Crippen LogP contribution in [0.4, 0.5) is 0 Å². The monoisotopic (exact) mass is 471 g/mol. The first-order chi connectivity index (χ1) is 20.1. The van der Waals surface area contributed by atoms with Crippen LogP contribution < -0.4 is 26.2 Å². The molecule has 4 aromatic rings. The lowest BCUT2D eigenvalue weighted by Gasteiger charge is -2.34. The molecule has 170 valence electrons. The molecule has 1 aliphatic heterocycles. The predicted molar refractivity (Wildman–Crippen MR) is 146 cm³/mol. The molecule has 0 aromatic heterocycles. The predicted octanol–water partition coefficient (Wildman–Crippen LogP) is 3.36. The molecular weight excluding hydrogens is 431 g/mol. The van der Waals surface area contributed by atoms with Crippen molar-refractivity contribution in [2.75, 3.05) is 0 Å². The summed E-state index contributed by atoms with van der Waals surface area (Å²) in [5, 5.41) is 1.10. The van der Waals surface area contributed by atoms with Gasteiger partial charge >= 0.3 is 7.12 Å². The lowest BCUT2D eigenvalue weighted by atomic mass is 9.79. The molecule has 0 spiro atoms. The average Bonchev–Trinajstić information content (AvgIpc) is 3.19. The fourth-order valence-corrected chi connectivity index (χ4v) is 8.50. The molecule has 4 aromatic carbocycles. The van der Waals surface area contributed by atoms with Gasteiger partial charge in [0, 0.05) is 0 Å². The van der Waals surface area contributed by atoms with Crippen LogP contribution in [0.3, 0.4) is 0 Å². The Morgan fingerprint density at radius 1 is 0.618 bits per heavy atom. The Morgan fingerprint density at radius 2 is 1.12 bits per heavy atom. The van der Waals surface area contributed by atoms with Crippen molar-refractivity contribution in [3.63, 3.8) is 0 Å². The second-order valence-corrected chi connectivity index (χ2v) is 13.0. The van der Waals surface area contributed by atoms with E-state index in [0.717, 1.165) is 0 Å². The highest BCUT2D eigenvalue weighted by molar-refractivity contribution is 7.20. The Balaban J connectivity index is 2.04. The van der Waals surface area contributed by atoms with E-state index < -0.39 is 68.7 Å². The molecule has 1 heterocycles. The summed E-state index contributed by atoms with van der Waals surface area (Å²) in [5.41, 5.74) is -1.68. The number of rotatable bonds is 5. The second kappa shape index (κ2) is 8.70. The molecule has 1 saturated heterocycles. The molecule has 34 heavy (non-hydrogen) atoms. The molecule has 4 heteroatoms. The van der Waals surface area contributed by atoms with Gasteiger partial charge in [0.1, 0.15) is 0 Å². The van der Waals surface area contributed by atoms with Crippen molar-refractivity contribution in [1.82, 2.24) is 0 Å². The Labute approximate surface area is 217 Å². The van der Waals surface area contributed by atoms with E-state index in [0.29, 0.717) is 10.4 Å². The van der Waals surface area contributed by atoms with Gasteiger partial charge in [-0.2, -0.15) is 0 Å². The summed E-state index contributed by atoms with van der Waals surface area (Å²) in [5.74, 6) is 0. The van der Waals surface area contributed by atoms with Crippen LogP contribution in [0.25, 0.3) is 0 Å². The van der Waals surface area contributed by atoms with Crippen molar-refractivity contribution in [3.8, 4) is 0 Å². The molecule has 0 saturated carbocycles. The van der Waals surface area contributed by atoms with Crippen LogP contribution >= 0.6 is 0 Å². The van der Waals surface area contributed by atoms with Crippen molar-refractivity contribution in [3.05, 3.63) is 115 Å². The molecule has 2 nitrogen and oxygen atoms in total. The summed E-state index contributed by atoms with van der Waals surface area (Å²) in [6, 6.07) is 13.6. The van der Waals surface area contributed by atoms with E-state index in [1.165, 1.54) is 0 Å². The van der Waals surface area contributed by atoms with Gasteiger partial charge < -0.3 is 9.31 Å². The summed E-state index contributed by atoms with van der Waals surface area (Å²) < 4.78 is 92.8. The Bertz CT molecular complexity index is 1650. The van der Waals surface area contributed by atoms with Gasteiger partial charge in [-0.15, -0.1) is 0 Å². The Kier molecular flexibility index (Phi) is 3.70. The third-order valence-corrected chi connectivity index (χ3v) is 11.2. The third-order valence-electron chi connectivity index (χ3n) is 6.80. The zero-order valence-corrected chi connectivity index (χ0v) is 20.7. The minimum Gasteiger partial charge on any atom is -0.399 e. The lowest BCUT2D eigenvalue weighted by Crippen LogP contribution is -2.75. The standard InChI is InChI=1S/C30H31BO2Si/c1-29(2)30(3,4)33-31(32-29)24-15-14-22-28(23-24)34(25-16-8-5-9-17-25,26-18-10-6-11-19-26)27-20-12-7-13-21-27/h5-23H,1-4H3/i5D,8D,9D,14D,15D,16D,17D,22D,23D. The van der Waals surface area contributed by atoms with E-state index in [1.807, 2.05) is 27.7 Å². The van der Waals surface area contributed by atoms with E-state index in [4.69, 9.17) is 18.9 Å². The molecule has 0 radical (unpaired) electrons. The van der Waals surface area contributed by atoms with Crippen molar-refractivity contribution >= 4 is 41.4 Å². The maximum Gasteiger partial charge on any atom is 0.494 e. The minimum absolute atomic E-state index is 0.0224. The molecule has 0 aliphatic carbocycles. The van der Waals surface area contributed by atoms with Gasteiger partial charge in [-0.1, -0.05) is 115 Å². The summed E-state index contributed by atoms with van der Waals surface area (Å²) in [7, 11) is -5.36. The summed E-state index contributed by atoms with van der Waals surface area (Å²) in [4.78, 5) is 0. The first kappa shape index (κ1) is 14.5. The summed E-state index contributed by atoms with van der Waals surface area (Å²) >= 11 is 0. The quantitative estimate of drug-likeness (QED) is 0.328. The normalized spacial score (nSPS) is 20.7. The Morgan fingerprint density at radius 3 is 1.65 bits per heavy atom. The molecule has 5 rings (SSSR count). The van der Waals surface area contributed by atoms with Crippen LogP contribution in [0.15, 0.2) is 115 Å². The van der Waals surface area contributed by atoms with Crippen LogP contribution in [0.2, 0.25) is 0 Å². The fraction of sp³-hybridized carbons (Fsp3) is 0.200. The van der Waals surface area contributed by atoms with Gasteiger partial charge in [-0.25, -0.2) is 0 Å². The first-order valence-corrected chi connectivity index (χ1v) is 13.2. The van der Waals surface area contributed by atoms with E-state index in [9.17, 15) is 2.74 Å². The molecule has 0 amide bonds. The maximum atomic E-state index is 9.64. The van der Waals surface area contributed by atoms with Gasteiger partial charge in [0.15, 0.2) is 8.07 Å². The number of hydrogen-bond acceptors (Lipinski definition) is 2. The van der Waals surface area contributed by atoms with Gasteiger partial charge in [0.2, 0.25) is 0 Å². The highest BCUT2D eigenvalue weighted by atomic mass is 28.3. The minimum atomic E-state index is -4.16. The average molecular weight is 472 g/mol. The molecule has 0 atom stereocenters. The van der Waals surface area contributed by atoms with E-state index in [-0.39, 0.29) is 27.9 Å². The molecule has 1 aliphatic rings. The number of benzene rings is 4. The van der Waals surface area contributed by atoms with Gasteiger partial charge in [-0.3, -0.25) is 0 Å². The van der Waals surface area contributed by atoms with Crippen LogP contribution in [0.5, 0.6) is 0 Å². The lowest BCUT2D eigenvalue weighted by molar-refractivity contribution is 0.00578. The topological polar surface area (TPSA) is 18.5 Å². The molecule has 0 unspecified atom stereocenters. The van der Waals surface area contributed by atoms with Gasteiger partial charge in [0.25, 0.3) is 0 Å². The number of hydrogen-bond donors (Lipinski definition) is 0. The van der Waals surface area contributed by atoms with Crippen LogP contribution in [-0.2, 0) is 9.31 Å². The highest BCUT2D eigenvalue weighted by Crippen LogP contribution is 2.36. The van der Waals surface area contributed by atoms with E-state index >= 15 is 0 Å². The van der Waals surface area contributed by atoms with E-state index in [1.54, 1.807) is 60.7 Å². The molecule has 0 N–H and O–H groups in total. The maximum absolute atomic E-state index is 9.64. The zero-order valence-electron chi connectivity index (χ0n) is 28.7. The van der Waals surface area contributed by atoms with Crippen LogP contribution in [0.1, 0.15) is 40.0 Å². The van der Waals surface area contributed by atoms with Crippen LogP contribution in [0, 0.1) is 0 Å². The Hall–Kier alpha value is -2.92. The van der Waals surface area contributed by atoms with Crippen molar-refractivity contribution in [2.45, 2.75) is 38.9 Å². The molecular formula is C30H31BO2Si. The van der Waals surface area contributed by atoms with Crippen molar-refractivity contribution < 1.29 is 21.6 Å². The molecule has 1 fully saturated rings. The second-order valence-electron chi connectivity index (χ2n) is 9.36. The van der Waals surface area contributed by atoms with Crippen molar-refractivity contribution in [2.24, 2.45) is 0 Å². The summed E-state index contributed by atoms with van der Waals surface area (Å²) in [6.45, 7) is 7.34. The van der Waals surface area contributed by atoms with E-state index in [2.05, 4.69) is 0 Å². The third kappa shape index (κ3) is 3.76. The van der Waals surface area contributed by atoms with Crippen molar-refractivity contribution in [1.29, 1.82) is 0 Å².